The molecule has 1 aliphatic carbocycles. The lowest BCUT2D eigenvalue weighted by Gasteiger charge is -2.33. The van der Waals surface area contributed by atoms with Crippen LogP contribution in [0.2, 0.25) is 0 Å². The number of hydrogen-bond donors (Lipinski definition) is 2. The molecule has 7 heteroatoms. The van der Waals surface area contributed by atoms with Crippen molar-refractivity contribution in [1.82, 2.24) is 20.1 Å². The Hall–Kier alpha value is -2.70. The van der Waals surface area contributed by atoms with E-state index in [1.807, 2.05) is 19.9 Å². The van der Waals surface area contributed by atoms with E-state index in [0.717, 1.165) is 30.7 Å². The van der Waals surface area contributed by atoms with Crippen molar-refractivity contribution in [3.05, 3.63) is 41.3 Å². The van der Waals surface area contributed by atoms with Crippen molar-refractivity contribution in [2.24, 2.45) is 0 Å². The minimum Gasteiger partial charge on any atom is -0.480 e. The van der Waals surface area contributed by atoms with E-state index < -0.39 is 17.4 Å². The molecule has 3 rings (SSSR count). The number of aromatic nitrogens is 3. The Morgan fingerprint density at radius 3 is 2.44 bits per heavy atom. The van der Waals surface area contributed by atoms with Crippen molar-refractivity contribution < 1.29 is 14.7 Å². The molecule has 132 valence electrons. The molecule has 1 amide bonds. The van der Waals surface area contributed by atoms with Crippen LogP contribution in [0.3, 0.4) is 0 Å². The first-order chi connectivity index (χ1) is 11.9. The van der Waals surface area contributed by atoms with Gasteiger partial charge in [0.05, 0.1) is 11.3 Å². The average Bonchev–Trinajstić information content (AvgIpc) is 2.94. The molecule has 0 spiro atoms. The quantitative estimate of drug-likeness (QED) is 0.889. The van der Waals surface area contributed by atoms with Crippen LogP contribution in [0.1, 0.15) is 53.8 Å². The Balaban J connectivity index is 1.78. The van der Waals surface area contributed by atoms with Gasteiger partial charge in [-0.3, -0.25) is 4.79 Å². The third-order valence-electron chi connectivity index (χ3n) is 4.71. The molecule has 0 aliphatic heterocycles. The van der Waals surface area contributed by atoms with Crippen LogP contribution in [0.15, 0.2) is 24.4 Å². The number of aryl methyl sites for hydroxylation is 2. The third-order valence-corrected chi connectivity index (χ3v) is 4.71. The molecule has 0 saturated heterocycles. The van der Waals surface area contributed by atoms with Crippen LogP contribution in [-0.4, -0.2) is 37.3 Å². The van der Waals surface area contributed by atoms with E-state index in [1.165, 1.54) is 6.20 Å². The smallest absolute Gasteiger partial charge is 0.329 e. The Labute approximate surface area is 146 Å². The van der Waals surface area contributed by atoms with E-state index in [0.29, 0.717) is 24.2 Å². The number of nitrogens with zero attached hydrogens (tertiary/aromatic N) is 3. The number of amides is 1. The van der Waals surface area contributed by atoms with E-state index in [9.17, 15) is 14.7 Å². The summed E-state index contributed by atoms with van der Waals surface area (Å²) in [6, 6.07) is 5.30. The monoisotopic (exact) mass is 342 g/mol. The second kappa shape index (κ2) is 6.66. The minimum absolute atomic E-state index is 0.344. The van der Waals surface area contributed by atoms with Gasteiger partial charge in [-0.2, -0.15) is 5.10 Å². The predicted octanol–water partition coefficient (Wildman–Crippen LogP) is 2.40. The van der Waals surface area contributed by atoms with Crippen LogP contribution in [0.25, 0.3) is 5.82 Å². The lowest BCUT2D eigenvalue weighted by atomic mass is 9.81. The first-order valence-electron chi connectivity index (χ1n) is 8.47. The molecule has 1 saturated carbocycles. The van der Waals surface area contributed by atoms with Crippen LogP contribution < -0.4 is 5.32 Å². The van der Waals surface area contributed by atoms with Gasteiger partial charge in [0.1, 0.15) is 5.54 Å². The third kappa shape index (κ3) is 3.40. The molecule has 25 heavy (non-hydrogen) atoms. The summed E-state index contributed by atoms with van der Waals surface area (Å²) in [5.74, 6) is -0.753. The molecule has 1 fully saturated rings. The molecular formula is C18H22N4O3. The highest BCUT2D eigenvalue weighted by Crippen LogP contribution is 2.28. The molecule has 2 heterocycles. The summed E-state index contributed by atoms with van der Waals surface area (Å²) in [5, 5.41) is 16.6. The van der Waals surface area contributed by atoms with Crippen LogP contribution in [0, 0.1) is 13.8 Å². The van der Waals surface area contributed by atoms with E-state index in [2.05, 4.69) is 15.4 Å². The zero-order valence-electron chi connectivity index (χ0n) is 14.5. The maximum absolute atomic E-state index is 12.5. The molecule has 0 unspecified atom stereocenters. The number of carbonyl (C=O) groups is 2. The van der Waals surface area contributed by atoms with Crippen molar-refractivity contribution in [3.8, 4) is 5.82 Å². The molecule has 2 aromatic heterocycles. The van der Waals surface area contributed by atoms with Gasteiger partial charge in [-0.05, 0) is 44.9 Å². The minimum atomic E-state index is -1.16. The van der Waals surface area contributed by atoms with Gasteiger partial charge >= 0.3 is 5.97 Å². The summed E-state index contributed by atoms with van der Waals surface area (Å²) in [7, 11) is 0. The van der Waals surface area contributed by atoms with Gasteiger partial charge in [-0.1, -0.05) is 19.3 Å². The Bertz CT molecular complexity index is 789. The van der Waals surface area contributed by atoms with Gasteiger partial charge in [0.15, 0.2) is 5.82 Å². The number of aliphatic carboxylic acids is 1. The molecule has 0 atom stereocenters. The van der Waals surface area contributed by atoms with Crippen LogP contribution in [0.4, 0.5) is 0 Å². The maximum atomic E-state index is 12.5. The second-order valence-corrected chi connectivity index (χ2v) is 6.65. The first kappa shape index (κ1) is 17.1. The van der Waals surface area contributed by atoms with E-state index >= 15 is 0 Å². The van der Waals surface area contributed by atoms with Gasteiger partial charge in [-0.25, -0.2) is 14.5 Å². The highest BCUT2D eigenvalue weighted by Gasteiger charge is 2.41. The molecular weight excluding hydrogens is 320 g/mol. The zero-order chi connectivity index (χ0) is 18.0. The molecule has 0 radical (unpaired) electrons. The number of nitrogens with one attached hydrogen (secondary N) is 1. The van der Waals surface area contributed by atoms with Crippen molar-refractivity contribution in [3.63, 3.8) is 0 Å². The standard InChI is InChI=1S/C18H22N4O3/c1-12-10-13(2)22(21-12)15-7-6-14(11-19-15)16(23)20-18(17(24)25)8-4-3-5-9-18/h6-7,10-11H,3-5,8-9H2,1-2H3,(H,20,23)(H,24,25). The van der Waals surface area contributed by atoms with Crippen LogP contribution in [-0.2, 0) is 4.79 Å². The first-order valence-corrected chi connectivity index (χ1v) is 8.47. The fourth-order valence-corrected chi connectivity index (χ4v) is 3.34. The lowest BCUT2D eigenvalue weighted by Crippen LogP contribution is -2.55. The normalized spacial score (nSPS) is 16.4. The van der Waals surface area contributed by atoms with Crippen LogP contribution >= 0.6 is 0 Å². The number of carbonyl (C=O) groups excluding carboxylic acids is 1. The molecule has 1 aliphatic rings. The summed E-state index contributed by atoms with van der Waals surface area (Å²) in [6.45, 7) is 3.84. The SMILES string of the molecule is Cc1cc(C)n(-c2ccc(C(=O)NC3(C(=O)O)CCCCC3)cn2)n1. The van der Waals surface area contributed by atoms with Gasteiger partial charge in [0.25, 0.3) is 5.91 Å². The number of rotatable bonds is 4. The van der Waals surface area contributed by atoms with Gasteiger partial charge < -0.3 is 10.4 Å². The Morgan fingerprint density at radius 1 is 1.20 bits per heavy atom. The van der Waals surface area contributed by atoms with Crippen molar-refractivity contribution in [2.75, 3.05) is 0 Å². The summed E-state index contributed by atoms with van der Waals surface area (Å²) in [4.78, 5) is 28.5. The number of hydrogen-bond acceptors (Lipinski definition) is 4. The highest BCUT2D eigenvalue weighted by molar-refractivity contribution is 5.97. The molecule has 7 nitrogen and oxygen atoms in total. The summed E-state index contributed by atoms with van der Waals surface area (Å²) < 4.78 is 1.71. The lowest BCUT2D eigenvalue weighted by molar-refractivity contribution is -0.145. The van der Waals surface area contributed by atoms with E-state index in [1.54, 1.807) is 16.8 Å². The average molecular weight is 342 g/mol. The van der Waals surface area contributed by atoms with Crippen molar-refractivity contribution in [1.29, 1.82) is 0 Å². The number of carboxylic acid groups (broad SMARTS) is 1. The number of pyridine rings is 1. The fourth-order valence-electron chi connectivity index (χ4n) is 3.34. The zero-order valence-corrected chi connectivity index (χ0v) is 14.5. The van der Waals surface area contributed by atoms with Crippen LogP contribution in [0.5, 0.6) is 0 Å². The molecule has 0 aromatic carbocycles. The molecule has 0 bridgehead atoms. The summed E-state index contributed by atoms with van der Waals surface area (Å²) >= 11 is 0. The predicted molar refractivity (Wildman–Crippen MR) is 91.8 cm³/mol. The second-order valence-electron chi connectivity index (χ2n) is 6.65. The van der Waals surface area contributed by atoms with E-state index in [4.69, 9.17) is 0 Å². The number of carboxylic acids is 1. The van der Waals surface area contributed by atoms with Gasteiger partial charge in [-0.15, -0.1) is 0 Å². The van der Waals surface area contributed by atoms with E-state index in [-0.39, 0.29) is 0 Å². The fraction of sp³-hybridized carbons (Fsp3) is 0.444. The van der Waals surface area contributed by atoms with Crippen molar-refractivity contribution in [2.45, 2.75) is 51.5 Å². The highest BCUT2D eigenvalue weighted by atomic mass is 16.4. The topological polar surface area (TPSA) is 97.1 Å². The summed E-state index contributed by atoms with van der Waals surface area (Å²) in [6.07, 6.45) is 5.00. The molecule has 2 N–H and O–H groups in total. The van der Waals surface area contributed by atoms with Crippen molar-refractivity contribution >= 4 is 11.9 Å². The summed E-state index contributed by atoms with van der Waals surface area (Å²) in [5.41, 5.74) is 1.02. The Kier molecular flexibility index (Phi) is 4.57. The largest absolute Gasteiger partial charge is 0.480 e. The molecule has 2 aromatic rings. The van der Waals surface area contributed by atoms with Gasteiger partial charge in [0.2, 0.25) is 0 Å². The maximum Gasteiger partial charge on any atom is 0.329 e. The Morgan fingerprint density at radius 2 is 1.92 bits per heavy atom. The van der Waals surface area contributed by atoms with Gasteiger partial charge in [0, 0.05) is 11.9 Å².